The van der Waals surface area contributed by atoms with Crippen molar-refractivity contribution in [3.63, 3.8) is 0 Å². The van der Waals surface area contributed by atoms with Gasteiger partial charge >= 0.3 is 6.09 Å². The summed E-state index contributed by atoms with van der Waals surface area (Å²) in [7, 11) is 1.07. The molecule has 0 aliphatic heterocycles. The minimum Gasteiger partial charge on any atom is -0.453 e. The van der Waals surface area contributed by atoms with E-state index >= 15 is 4.39 Å². The second-order valence-corrected chi connectivity index (χ2v) is 6.88. The lowest BCUT2D eigenvalue weighted by molar-refractivity contribution is 0.0568. The van der Waals surface area contributed by atoms with Gasteiger partial charge in [0, 0.05) is 23.6 Å². The molecule has 2 atom stereocenters. The summed E-state index contributed by atoms with van der Waals surface area (Å²) in [6.07, 6.45) is -3.04. The van der Waals surface area contributed by atoms with Crippen LogP contribution in [0.1, 0.15) is 46.3 Å². The Kier molecular flexibility index (Phi) is 5.97. The number of benzene rings is 1. The number of halogens is 4. The zero-order valence-electron chi connectivity index (χ0n) is 15.3. The molecule has 1 heterocycles. The molecule has 1 aromatic heterocycles. The Morgan fingerprint density at radius 1 is 1.34 bits per heavy atom. The number of alkyl halides is 2. The van der Waals surface area contributed by atoms with Crippen LogP contribution in [0.5, 0.6) is 0 Å². The van der Waals surface area contributed by atoms with E-state index in [1.165, 1.54) is 24.3 Å². The maximum Gasteiger partial charge on any atom is 0.409 e. The number of ether oxygens (including phenoxy) is 1. The summed E-state index contributed by atoms with van der Waals surface area (Å²) in [4.78, 5) is 27.9. The molecule has 0 fully saturated rings. The summed E-state index contributed by atoms with van der Waals surface area (Å²) in [6.45, 7) is -0.0242. The minimum atomic E-state index is -2.47. The molecule has 0 saturated carbocycles. The van der Waals surface area contributed by atoms with Crippen LogP contribution in [-0.2, 0) is 17.1 Å². The zero-order chi connectivity index (χ0) is 21.2. The first-order chi connectivity index (χ1) is 13.7. The van der Waals surface area contributed by atoms with Crippen LogP contribution in [0.15, 0.2) is 30.3 Å². The second-order valence-electron chi connectivity index (χ2n) is 6.48. The number of carbonyl (C=O) groups is 2. The Bertz CT molecular complexity index is 960. The quantitative estimate of drug-likeness (QED) is 0.720. The van der Waals surface area contributed by atoms with Crippen LogP contribution >= 0.6 is 11.6 Å². The lowest BCUT2D eigenvalue weighted by atomic mass is 9.88. The average Bonchev–Trinajstić information content (AvgIpc) is 2.70. The van der Waals surface area contributed by atoms with Crippen LogP contribution in [0.2, 0.25) is 5.02 Å². The van der Waals surface area contributed by atoms with Crippen molar-refractivity contribution in [2.24, 2.45) is 0 Å². The van der Waals surface area contributed by atoms with Crippen LogP contribution < -0.4 is 10.6 Å². The van der Waals surface area contributed by atoms with Gasteiger partial charge in [0.2, 0.25) is 5.79 Å². The Labute approximate surface area is 169 Å². The molecule has 154 valence electrons. The fraction of sp³-hybridized carbons (Fsp3) is 0.316. The van der Waals surface area contributed by atoms with Gasteiger partial charge in [0.15, 0.2) is 0 Å². The van der Waals surface area contributed by atoms with Gasteiger partial charge in [0.05, 0.1) is 7.11 Å². The third kappa shape index (κ3) is 4.45. The Morgan fingerprint density at radius 2 is 2.10 bits per heavy atom. The molecule has 10 heteroatoms. The van der Waals surface area contributed by atoms with Crippen LogP contribution in [0.3, 0.4) is 0 Å². The molecule has 1 aliphatic carbocycles. The number of fused-ring (bicyclic) bond motifs is 1. The van der Waals surface area contributed by atoms with E-state index in [4.69, 9.17) is 11.6 Å². The third-order valence-electron chi connectivity index (χ3n) is 4.55. The van der Waals surface area contributed by atoms with Gasteiger partial charge in [-0.1, -0.05) is 23.7 Å². The summed E-state index contributed by atoms with van der Waals surface area (Å²) >= 11 is 5.92. The predicted molar refractivity (Wildman–Crippen MR) is 98.2 cm³/mol. The highest BCUT2D eigenvalue weighted by Crippen LogP contribution is 2.42. The number of carbonyl (C=O) groups excluding carboxylic acids is 2. The molecule has 0 saturated heterocycles. The van der Waals surface area contributed by atoms with Gasteiger partial charge < -0.3 is 10.1 Å². The minimum absolute atomic E-state index is 0.0242. The molecule has 0 spiro atoms. The summed E-state index contributed by atoms with van der Waals surface area (Å²) in [6, 6.07) is 6.24. The Balaban J connectivity index is 1.83. The Hall–Kier alpha value is -2.81. The molecule has 1 aromatic carbocycles. The van der Waals surface area contributed by atoms with Crippen LogP contribution in [-0.4, -0.2) is 24.1 Å². The molecule has 2 aromatic rings. The highest BCUT2D eigenvalue weighted by atomic mass is 35.5. The van der Waals surface area contributed by atoms with Gasteiger partial charge in [-0.3, -0.25) is 10.1 Å². The fourth-order valence-electron chi connectivity index (χ4n) is 3.03. The van der Waals surface area contributed by atoms with Gasteiger partial charge in [-0.15, -0.1) is 0 Å². The second kappa shape index (κ2) is 8.28. The number of amides is 2. The van der Waals surface area contributed by atoms with Crippen LogP contribution in [0, 0.1) is 5.82 Å². The van der Waals surface area contributed by atoms with E-state index in [-0.39, 0.29) is 41.4 Å². The molecule has 0 radical (unpaired) electrons. The average molecular weight is 428 g/mol. The SMILES string of the molecule is COC(=O)NC1(F)CCC(F)c2ccc(C(=O)NCc3ccc(F)cc3Cl)nc21. The number of aromatic nitrogens is 1. The first kappa shape index (κ1) is 20.9. The van der Waals surface area contributed by atoms with Crippen LogP contribution in [0.4, 0.5) is 18.0 Å². The van der Waals surface area contributed by atoms with Crippen molar-refractivity contribution in [1.29, 1.82) is 0 Å². The lowest BCUT2D eigenvalue weighted by Gasteiger charge is -2.32. The van der Waals surface area contributed by atoms with Crippen molar-refractivity contribution >= 4 is 23.6 Å². The molecule has 3 rings (SSSR count). The maximum absolute atomic E-state index is 15.3. The molecule has 1 aliphatic rings. The van der Waals surface area contributed by atoms with Gasteiger partial charge in [0.25, 0.3) is 5.91 Å². The van der Waals surface area contributed by atoms with Crippen LogP contribution in [0.25, 0.3) is 0 Å². The molecular formula is C19H17ClF3N3O3. The fourth-order valence-corrected chi connectivity index (χ4v) is 3.27. The van der Waals surface area contributed by atoms with E-state index in [9.17, 15) is 18.4 Å². The molecular weight excluding hydrogens is 411 g/mol. The maximum atomic E-state index is 15.3. The van der Waals surface area contributed by atoms with E-state index in [0.717, 1.165) is 13.2 Å². The molecule has 2 unspecified atom stereocenters. The van der Waals surface area contributed by atoms with Crippen molar-refractivity contribution in [2.45, 2.75) is 31.4 Å². The monoisotopic (exact) mass is 427 g/mol. The first-order valence-corrected chi connectivity index (χ1v) is 9.04. The van der Waals surface area contributed by atoms with Crippen molar-refractivity contribution < 1.29 is 27.5 Å². The van der Waals surface area contributed by atoms with Crippen molar-refractivity contribution in [1.82, 2.24) is 15.6 Å². The molecule has 6 nitrogen and oxygen atoms in total. The standard InChI is InChI=1S/C19H17ClF3N3O3/c1-29-18(28)26-19(23)7-6-14(22)12-4-5-15(25-16(12)19)17(27)24-9-10-2-3-11(21)8-13(10)20/h2-5,8,14H,6-7,9H2,1H3,(H,24,27)(H,26,28). The van der Waals surface area contributed by atoms with E-state index in [2.05, 4.69) is 15.0 Å². The number of rotatable bonds is 4. The number of hydrogen-bond acceptors (Lipinski definition) is 4. The normalized spacial score (nSPS) is 20.5. The van der Waals surface area contributed by atoms with E-state index < -0.39 is 29.8 Å². The summed E-state index contributed by atoms with van der Waals surface area (Å²) < 4.78 is 47.1. The summed E-state index contributed by atoms with van der Waals surface area (Å²) in [5, 5.41) is 4.69. The molecule has 2 amide bonds. The molecule has 29 heavy (non-hydrogen) atoms. The largest absolute Gasteiger partial charge is 0.453 e. The Morgan fingerprint density at radius 3 is 2.79 bits per heavy atom. The topological polar surface area (TPSA) is 80.3 Å². The highest BCUT2D eigenvalue weighted by molar-refractivity contribution is 6.31. The smallest absolute Gasteiger partial charge is 0.409 e. The van der Waals surface area contributed by atoms with Crippen molar-refractivity contribution in [3.05, 3.63) is 63.7 Å². The number of methoxy groups -OCH3 is 1. The summed E-state index contributed by atoms with van der Waals surface area (Å²) in [5.74, 6) is -3.66. The van der Waals surface area contributed by atoms with E-state index in [0.29, 0.717) is 5.56 Å². The highest BCUT2D eigenvalue weighted by Gasteiger charge is 2.44. The van der Waals surface area contributed by atoms with Gasteiger partial charge in [-0.25, -0.2) is 22.9 Å². The number of nitrogens with one attached hydrogen (secondary N) is 2. The number of pyridine rings is 1. The summed E-state index contributed by atoms with van der Waals surface area (Å²) in [5.41, 5.74) is -0.137. The van der Waals surface area contributed by atoms with Gasteiger partial charge in [-0.05, 0) is 30.2 Å². The first-order valence-electron chi connectivity index (χ1n) is 8.66. The third-order valence-corrected chi connectivity index (χ3v) is 4.91. The van der Waals surface area contributed by atoms with Gasteiger partial charge in [-0.2, -0.15) is 0 Å². The number of nitrogens with zero attached hydrogens (tertiary/aromatic N) is 1. The molecule has 2 N–H and O–H groups in total. The van der Waals surface area contributed by atoms with E-state index in [1.807, 2.05) is 5.32 Å². The lowest BCUT2D eigenvalue weighted by Crippen LogP contribution is -2.46. The van der Waals surface area contributed by atoms with Gasteiger partial charge in [0.1, 0.15) is 23.4 Å². The number of alkyl carbamates (subject to hydrolysis) is 1. The molecule has 0 bridgehead atoms. The predicted octanol–water partition coefficient (Wildman–Crippen LogP) is 4.09. The van der Waals surface area contributed by atoms with Crippen molar-refractivity contribution in [2.75, 3.05) is 7.11 Å². The van der Waals surface area contributed by atoms with E-state index in [1.54, 1.807) is 0 Å². The number of hydrogen-bond donors (Lipinski definition) is 2. The zero-order valence-corrected chi connectivity index (χ0v) is 16.0. The van der Waals surface area contributed by atoms with Crippen molar-refractivity contribution in [3.8, 4) is 0 Å².